The van der Waals surface area contributed by atoms with Gasteiger partial charge in [0.1, 0.15) is 36.5 Å². The highest BCUT2D eigenvalue weighted by atomic mass is 35.5. The Morgan fingerprint density at radius 3 is 2.84 bits per heavy atom. The molecule has 11 nitrogen and oxygen atoms in total. The summed E-state index contributed by atoms with van der Waals surface area (Å²) in [5.74, 6) is 0.153. The van der Waals surface area contributed by atoms with Crippen LogP contribution in [0.2, 0.25) is 0 Å². The minimum Gasteiger partial charge on any atom is -0.686 e. The van der Waals surface area contributed by atoms with Crippen molar-refractivity contribution in [3.05, 3.63) is 24.3 Å². The van der Waals surface area contributed by atoms with E-state index in [2.05, 4.69) is 15.0 Å². The Kier molecular flexibility index (Phi) is 5.19. The van der Waals surface area contributed by atoms with Crippen LogP contribution < -0.4 is 20.4 Å². The maximum atomic E-state index is 10.8. The normalized spacial score (nSPS) is 27.6. The Hall–Kier alpha value is -1.43. The number of aliphatic hydroxyl groups excluding tert-OH is 1. The molecule has 0 bridgehead atoms. The van der Waals surface area contributed by atoms with Crippen molar-refractivity contribution in [3.8, 4) is 0 Å². The van der Waals surface area contributed by atoms with E-state index in [4.69, 9.17) is 26.8 Å². The molecule has 0 amide bonds. The Labute approximate surface area is 146 Å². The number of hydrogen-bond acceptors (Lipinski definition) is 10. The first-order valence-corrected chi connectivity index (χ1v) is 9.14. The maximum Gasteiger partial charge on any atom is 0.167 e. The Balaban J connectivity index is 1.90. The third kappa shape index (κ3) is 3.73. The van der Waals surface area contributed by atoms with Gasteiger partial charge < -0.3 is 35.0 Å². The molecule has 136 valence electrons. The van der Waals surface area contributed by atoms with Crippen molar-refractivity contribution in [2.45, 2.75) is 24.5 Å². The smallest absolute Gasteiger partial charge is 0.167 e. The summed E-state index contributed by atoms with van der Waals surface area (Å²) >= 11 is 5.54. The second kappa shape index (κ2) is 7.06. The molecule has 3 N–H and O–H groups in total. The van der Waals surface area contributed by atoms with Crippen molar-refractivity contribution in [1.29, 1.82) is 0 Å². The number of fused-ring (bicyclic) bond motifs is 1. The molecule has 1 fully saturated rings. The molecule has 2 aromatic rings. The Bertz CT molecular complexity index is 783. The number of hydrogen-bond donors (Lipinski definition) is 2. The molecular weight excluding hydrogens is 377 g/mol. The largest absolute Gasteiger partial charge is 0.686 e. The van der Waals surface area contributed by atoms with Crippen molar-refractivity contribution in [2.75, 3.05) is 12.1 Å². The summed E-state index contributed by atoms with van der Waals surface area (Å²) in [5.41, 5.74) is 7.48. The van der Waals surface area contributed by atoms with E-state index in [0.717, 1.165) is 5.54 Å². The van der Waals surface area contributed by atoms with Gasteiger partial charge in [-0.05, 0) is 6.08 Å². The van der Waals surface area contributed by atoms with E-state index in [9.17, 15) is 19.8 Å². The van der Waals surface area contributed by atoms with Crippen LogP contribution in [-0.2, 0) is 9.47 Å². The highest BCUT2D eigenvalue weighted by Gasteiger charge is 2.45. The number of aliphatic hydroxyl groups is 1. The number of ether oxygens (including phenoxy) is 2. The molecule has 1 saturated heterocycles. The highest BCUT2D eigenvalue weighted by Crippen LogP contribution is 2.37. The van der Waals surface area contributed by atoms with Crippen LogP contribution in [0.3, 0.4) is 0 Å². The number of nitrogen functional groups attached to an aromatic ring is 1. The molecule has 4 atom stereocenters. The highest BCUT2D eigenvalue weighted by molar-refractivity contribution is 7.53. The van der Waals surface area contributed by atoms with Crippen molar-refractivity contribution in [2.24, 2.45) is 0 Å². The number of rotatable bonds is 5. The zero-order chi connectivity index (χ0) is 18.2. The number of halogens is 1. The fraction of sp³-hybridized carbons (Fsp3) is 0.417. The van der Waals surface area contributed by atoms with Crippen molar-refractivity contribution < 1.29 is 29.3 Å². The molecule has 0 aromatic carbocycles. The fourth-order valence-corrected chi connectivity index (χ4v) is 3.06. The predicted octanol–water partition coefficient (Wildman–Crippen LogP) is -2.39. The molecule has 1 aliphatic rings. The first-order chi connectivity index (χ1) is 11.8. The third-order valence-electron chi connectivity index (χ3n) is 3.60. The van der Waals surface area contributed by atoms with E-state index in [-0.39, 0.29) is 5.82 Å². The lowest BCUT2D eigenvalue weighted by atomic mass is 10.1. The van der Waals surface area contributed by atoms with Crippen LogP contribution in [-0.4, -0.2) is 49.3 Å². The van der Waals surface area contributed by atoms with E-state index in [1.807, 2.05) is 0 Å². The number of imidazole rings is 1. The van der Waals surface area contributed by atoms with Gasteiger partial charge in [0, 0.05) is 5.54 Å². The topological polar surface area (TPSA) is 177 Å². The number of anilines is 1. The first-order valence-electron chi connectivity index (χ1n) is 6.98. The Morgan fingerprint density at radius 2 is 2.16 bits per heavy atom. The van der Waals surface area contributed by atoms with Gasteiger partial charge in [-0.2, -0.15) is 0 Å². The summed E-state index contributed by atoms with van der Waals surface area (Å²) < 4.78 is 12.1. The molecule has 0 unspecified atom stereocenters. The van der Waals surface area contributed by atoms with Crippen LogP contribution in [0.1, 0.15) is 6.23 Å². The lowest BCUT2D eigenvalue weighted by Crippen LogP contribution is -2.40. The average Bonchev–Trinajstić information content (AvgIpc) is 3.08. The van der Waals surface area contributed by atoms with Crippen LogP contribution in [0, 0.1) is 0 Å². The monoisotopic (exact) mass is 389 g/mol. The van der Waals surface area contributed by atoms with E-state index in [1.165, 1.54) is 23.3 Å². The zero-order valence-electron chi connectivity index (χ0n) is 12.5. The number of nitrogens with two attached hydrogens (primary N) is 1. The molecule has 1 aliphatic heterocycles. The molecule has 0 saturated carbocycles. The fourth-order valence-electron chi connectivity index (χ4n) is 2.56. The minimum absolute atomic E-state index is 0.153. The van der Waals surface area contributed by atoms with Gasteiger partial charge >= 0.3 is 0 Å². The molecule has 13 heteroatoms. The standard InChI is InChI=1S/C12H15ClN5O6P/c13-2-1-6-9(23-5-25(20,21)22)8(19)12(24-6)18-4-17-7-10(14)15-3-16-11(7)18/h1-4,6,8-9,12,19H,5H2,(H2,14,15,16)(H2,20,21,22)/p-2/b2-1+/t6-,8+,9-,12+/m0/s1. The van der Waals surface area contributed by atoms with Gasteiger partial charge in [-0.15, -0.1) is 7.94 Å². The van der Waals surface area contributed by atoms with E-state index in [0.29, 0.717) is 11.2 Å². The summed E-state index contributed by atoms with van der Waals surface area (Å²) in [4.78, 5) is 44.4. The van der Waals surface area contributed by atoms with Gasteiger partial charge in [0.2, 0.25) is 0 Å². The maximum absolute atomic E-state index is 10.8. The number of aromatic nitrogens is 4. The molecular formula is C12H13ClN5O6P-2. The SMILES string of the molecule is Nc1ncnc2c1ncn2[C@@H]1O[C@@H](/C=C/Cl)[C@H](OC[P+]([O-])([O-])[O-])[C@H]1O. The molecule has 3 heterocycles. The molecule has 0 radical (unpaired) electrons. The van der Waals surface area contributed by atoms with E-state index in [1.54, 1.807) is 0 Å². The van der Waals surface area contributed by atoms with E-state index >= 15 is 0 Å². The van der Waals surface area contributed by atoms with Crippen LogP contribution >= 0.6 is 19.5 Å². The zero-order valence-corrected chi connectivity index (χ0v) is 14.2. The average molecular weight is 390 g/mol. The lowest BCUT2D eigenvalue weighted by Gasteiger charge is -2.42. The van der Waals surface area contributed by atoms with Gasteiger partial charge in [-0.1, -0.05) is 11.6 Å². The second-order valence-corrected chi connectivity index (χ2v) is 6.99. The third-order valence-corrected chi connectivity index (χ3v) is 4.21. The predicted molar refractivity (Wildman–Crippen MR) is 81.3 cm³/mol. The van der Waals surface area contributed by atoms with Crippen molar-refractivity contribution in [3.63, 3.8) is 0 Å². The molecule has 2 aromatic heterocycles. The van der Waals surface area contributed by atoms with E-state index < -0.39 is 38.8 Å². The van der Waals surface area contributed by atoms with Crippen molar-refractivity contribution in [1.82, 2.24) is 19.5 Å². The Morgan fingerprint density at radius 1 is 1.40 bits per heavy atom. The van der Waals surface area contributed by atoms with Gasteiger partial charge in [0.15, 0.2) is 17.7 Å². The van der Waals surface area contributed by atoms with Gasteiger partial charge in [0.25, 0.3) is 0 Å². The molecule has 0 spiro atoms. The summed E-state index contributed by atoms with van der Waals surface area (Å²) in [6, 6.07) is 0. The second-order valence-electron chi connectivity index (χ2n) is 5.25. The minimum atomic E-state index is -4.92. The quantitative estimate of drug-likeness (QED) is 0.524. The first kappa shape index (κ1) is 18.4. The van der Waals surface area contributed by atoms with Gasteiger partial charge in [-0.25, -0.2) is 15.0 Å². The summed E-state index contributed by atoms with van der Waals surface area (Å²) in [5, 5.41) is 10.5. The lowest BCUT2D eigenvalue weighted by molar-refractivity contribution is -0.432. The summed E-state index contributed by atoms with van der Waals surface area (Å²) in [6.07, 6.45) is -1.51. The van der Waals surface area contributed by atoms with Gasteiger partial charge in [0.05, 0.1) is 6.33 Å². The number of nitrogens with zero attached hydrogens (tertiary/aromatic N) is 4. The van der Waals surface area contributed by atoms with Crippen LogP contribution in [0.4, 0.5) is 5.82 Å². The van der Waals surface area contributed by atoms with Gasteiger partial charge in [-0.3, -0.25) is 4.57 Å². The molecule has 25 heavy (non-hydrogen) atoms. The molecule has 0 aliphatic carbocycles. The van der Waals surface area contributed by atoms with Crippen LogP contribution in [0.25, 0.3) is 11.2 Å². The molecule has 3 rings (SSSR count). The van der Waals surface area contributed by atoms with Crippen LogP contribution in [0.15, 0.2) is 24.3 Å². The van der Waals surface area contributed by atoms with Crippen molar-refractivity contribution >= 4 is 36.5 Å². The summed E-state index contributed by atoms with van der Waals surface area (Å²) in [7, 11) is -4.92. The van der Waals surface area contributed by atoms with Crippen LogP contribution in [0.5, 0.6) is 0 Å². The summed E-state index contributed by atoms with van der Waals surface area (Å²) in [6.45, 7) is 0.